The molecule has 0 bridgehead atoms. The van der Waals surface area contributed by atoms with Gasteiger partial charge in [0.15, 0.2) is 5.75 Å². The number of pyridine rings is 1. The summed E-state index contributed by atoms with van der Waals surface area (Å²) in [4.78, 5) is 3.74. The average Bonchev–Trinajstić information content (AvgIpc) is 2.04. The van der Waals surface area contributed by atoms with Gasteiger partial charge in [0.2, 0.25) is 0 Å². The van der Waals surface area contributed by atoms with Gasteiger partial charge >= 0.3 is 0 Å². The normalized spacial score (nSPS) is 10.6. The first-order valence-corrected chi connectivity index (χ1v) is 3.92. The summed E-state index contributed by atoms with van der Waals surface area (Å²) in [7, 11) is 1.35. The van der Waals surface area contributed by atoms with Crippen molar-refractivity contribution in [2.24, 2.45) is 0 Å². The van der Waals surface area contributed by atoms with Crippen LogP contribution < -0.4 is 4.74 Å². The molecule has 1 rings (SSSR count). The lowest BCUT2D eigenvalue weighted by molar-refractivity contribution is 0.149. The zero-order valence-electron chi connectivity index (χ0n) is 7.14. The summed E-state index contributed by atoms with van der Waals surface area (Å²) < 4.78 is 29.6. The van der Waals surface area contributed by atoms with Crippen molar-refractivity contribution in [2.45, 2.75) is 13.3 Å². The Labute approximate surface area is 79.5 Å². The zero-order valence-corrected chi connectivity index (χ0v) is 7.90. The number of alkyl halides is 2. The van der Waals surface area contributed by atoms with Crippen molar-refractivity contribution in [3.05, 3.63) is 22.5 Å². The third-order valence-corrected chi connectivity index (χ3v) is 2.05. The third-order valence-electron chi connectivity index (χ3n) is 1.66. The van der Waals surface area contributed by atoms with E-state index in [1.807, 2.05) is 0 Å². The molecule has 0 aliphatic carbocycles. The van der Waals surface area contributed by atoms with E-state index < -0.39 is 6.43 Å². The molecule has 1 aromatic rings. The van der Waals surface area contributed by atoms with Gasteiger partial charge in [0.1, 0.15) is 0 Å². The molecule has 72 valence electrons. The van der Waals surface area contributed by atoms with Gasteiger partial charge in [-0.15, -0.1) is 0 Å². The highest BCUT2D eigenvalue weighted by Crippen LogP contribution is 2.35. The highest BCUT2D eigenvalue weighted by atomic mass is 35.5. The van der Waals surface area contributed by atoms with Gasteiger partial charge in [-0.3, -0.25) is 4.98 Å². The van der Waals surface area contributed by atoms with E-state index in [9.17, 15) is 8.78 Å². The molecule has 0 aliphatic heterocycles. The number of ether oxygens (including phenoxy) is 1. The molecule has 0 N–H and O–H groups in total. The molecule has 13 heavy (non-hydrogen) atoms. The Balaban J connectivity index is 3.30. The maximum atomic E-state index is 12.4. The van der Waals surface area contributed by atoms with Crippen LogP contribution in [-0.2, 0) is 0 Å². The van der Waals surface area contributed by atoms with E-state index in [0.29, 0.717) is 0 Å². The van der Waals surface area contributed by atoms with Gasteiger partial charge in [0, 0.05) is 5.69 Å². The molecule has 0 radical (unpaired) electrons. The minimum Gasteiger partial charge on any atom is -0.494 e. The fourth-order valence-electron chi connectivity index (χ4n) is 0.969. The van der Waals surface area contributed by atoms with Gasteiger partial charge in [0.05, 0.1) is 23.9 Å². The number of nitrogens with zero attached hydrogens (tertiary/aromatic N) is 1. The molecule has 0 saturated carbocycles. The maximum absolute atomic E-state index is 12.4. The SMILES string of the molecule is COc1cnc(C)c(C(F)F)c1Cl. The first-order valence-electron chi connectivity index (χ1n) is 3.55. The van der Waals surface area contributed by atoms with E-state index in [1.54, 1.807) is 0 Å². The van der Waals surface area contributed by atoms with Crippen molar-refractivity contribution in [3.8, 4) is 5.75 Å². The van der Waals surface area contributed by atoms with Crippen LogP contribution in [0.5, 0.6) is 5.75 Å². The molecule has 1 heterocycles. The Bertz CT molecular complexity index is 317. The van der Waals surface area contributed by atoms with Crippen LogP contribution in [0.25, 0.3) is 0 Å². The first kappa shape index (κ1) is 10.2. The van der Waals surface area contributed by atoms with E-state index in [-0.39, 0.29) is 22.0 Å². The highest BCUT2D eigenvalue weighted by molar-refractivity contribution is 6.32. The largest absolute Gasteiger partial charge is 0.494 e. The van der Waals surface area contributed by atoms with Crippen LogP contribution in [0.15, 0.2) is 6.20 Å². The Morgan fingerprint density at radius 1 is 1.54 bits per heavy atom. The van der Waals surface area contributed by atoms with Gasteiger partial charge in [-0.25, -0.2) is 8.78 Å². The minimum atomic E-state index is -2.63. The second-order valence-electron chi connectivity index (χ2n) is 2.44. The van der Waals surface area contributed by atoms with Crippen LogP contribution in [0.3, 0.4) is 0 Å². The molecule has 0 fully saturated rings. The molecule has 0 amide bonds. The van der Waals surface area contributed by atoms with Crippen LogP contribution in [-0.4, -0.2) is 12.1 Å². The summed E-state index contributed by atoms with van der Waals surface area (Å²) in [6.45, 7) is 1.48. The van der Waals surface area contributed by atoms with Crippen molar-refractivity contribution in [3.63, 3.8) is 0 Å². The van der Waals surface area contributed by atoms with Crippen LogP contribution in [0, 0.1) is 6.92 Å². The number of rotatable bonds is 2. The van der Waals surface area contributed by atoms with Crippen molar-refractivity contribution >= 4 is 11.6 Å². The summed E-state index contributed by atoms with van der Waals surface area (Å²) in [6.07, 6.45) is -1.31. The van der Waals surface area contributed by atoms with Crippen LogP contribution in [0.1, 0.15) is 17.7 Å². The number of methoxy groups -OCH3 is 1. The Kier molecular flexibility index (Phi) is 3.03. The summed E-state index contributed by atoms with van der Waals surface area (Å²) in [5.74, 6) is 0.169. The standard InChI is InChI=1S/C8H8ClF2NO/c1-4-6(8(10)11)7(9)5(13-2)3-12-4/h3,8H,1-2H3. The van der Waals surface area contributed by atoms with Gasteiger partial charge in [0.25, 0.3) is 6.43 Å². The quantitative estimate of drug-likeness (QED) is 0.744. The fraction of sp³-hybridized carbons (Fsp3) is 0.375. The van der Waals surface area contributed by atoms with Gasteiger partial charge in [-0.05, 0) is 6.92 Å². The molecule has 5 heteroatoms. The summed E-state index contributed by atoms with van der Waals surface area (Å²) >= 11 is 5.66. The van der Waals surface area contributed by atoms with E-state index >= 15 is 0 Å². The Hall–Kier alpha value is -0.900. The van der Waals surface area contributed by atoms with E-state index in [4.69, 9.17) is 16.3 Å². The smallest absolute Gasteiger partial charge is 0.267 e. The lowest BCUT2D eigenvalue weighted by atomic mass is 10.2. The van der Waals surface area contributed by atoms with Gasteiger partial charge in [-0.1, -0.05) is 11.6 Å². The van der Waals surface area contributed by atoms with Crippen LogP contribution in [0.2, 0.25) is 5.02 Å². The number of hydrogen-bond donors (Lipinski definition) is 0. The molecule has 0 atom stereocenters. The lowest BCUT2D eigenvalue weighted by Crippen LogP contribution is -1.97. The number of halogens is 3. The lowest BCUT2D eigenvalue weighted by Gasteiger charge is -2.09. The second-order valence-corrected chi connectivity index (χ2v) is 2.82. The molecule has 2 nitrogen and oxygen atoms in total. The maximum Gasteiger partial charge on any atom is 0.267 e. The fourth-order valence-corrected chi connectivity index (χ4v) is 1.31. The minimum absolute atomic E-state index is 0.0648. The third kappa shape index (κ3) is 1.88. The summed E-state index contributed by atoms with van der Waals surface area (Å²) in [5, 5.41) is -0.0648. The molecule has 1 aromatic heterocycles. The van der Waals surface area contributed by atoms with Crippen molar-refractivity contribution in [1.29, 1.82) is 0 Å². The molecule has 0 aliphatic rings. The van der Waals surface area contributed by atoms with Gasteiger partial charge in [-0.2, -0.15) is 0 Å². The van der Waals surface area contributed by atoms with Crippen LogP contribution >= 0.6 is 11.6 Å². The summed E-state index contributed by atoms with van der Waals surface area (Å²) in [6, 6.07) is 0. The average molecular weight is 208 g/mol. The predicted molar refractivity (Wildman–Crippen MR) is 45.5 cm³/mol. The second kappa shape index (κ2) is 3.87. The van der Waals surface area contributed by atoms with Crippen molar-refractivity contribution in [2.75, 3.05) is 7.11 Å². The van der Waals surface area contributed by atoms with Gasteiger partial charge < -0.3 is 4.74 Å². The predicted octanol–water partition coefficient (Wildman–Crippen LogP) is 2.99. The molecular weight excluding hydrogens is 200 g/mol. The number of hydrogen-bond acceptors (Lipinski definition) is 2. The molecule has 0 spiro atoms. The number of aromatic nitrogens is 1. The molecule has 0 unspecified atom stereocenters. The van der Waals surface area contributed by atoms with Crippen LogP contribution in [0.4, 0.5) is 8.78 Å². The zero-order chi connectivity index (χ0) is 10.0. The van der Waals surface area contributed by atoms with E-state index in [0.717, 1.165) is 0 Å². The molecular formula is C8H8ClF2NO. The Morgan fingerprint density at radius 2 is 2.15 bits per heavy atom. The molecule has 0 aromatic carbocycles. The monoisotopic (exact) mass is 207 g/mol. The Morgan fingerprint density at radius 3 is 2.62 bits per heavy atom. The van der Waals surface area contributed by atoms with E-state index in [1.165, 1.54) is 20.2 Å². The number of aryl methyl sites for hydroxylation is 1. The summed E-state index contributed by atoms with van der Waals surface area (Å²) in [5.41, 5.74) is -0.0400. The van der Waals surface area contributed by atoms with Crippen molar-refractivity contribution < 1.29 is 13.5 Å². The topological polar surface area (TPSA) is 22.1 Å². The molecule has 0 saturated heterocycles. The van der Waals surface area contributed by atoms with Crippen molar-refractivity contribution in [1.82, 2.24) is 4.98 Å². The highest BCUT2D eigenvalue weighted by Gasteiger charge is 2.19. The first-order chi connectivity index (χ1) is 6.07. The van der Waals surface area contributed by atoms with E-state index in [2.05, 4.69) is 4.98 Å².